The first-order valence-electron chi connectivity index (χ1n) is 8.02. The fourth-order valence-corrected chi connectivity index (χ4v) is 2.43. The molecule has 1 aliphatic rings. The average molecular weight is 337 g/mol. The first-order valence-corrected chi connectivity index (χ1v) is 8.02. The van der Waals surface area contributed by atoms with Crippen LogP contribution >= 0.6 is 0 Å². The first kappa shape index (κ1) is 18.7. The Balaban J connectivity index is 2.39. The van der Waals surface area contributed by atoms with Gasteiger partial charge in [-0.05, 0) is 59.1 Å². The van der Waals surface area contributed by atoms with Crippen LogP contribution in [0, 0.1) is 5.82 Å². The second-order valence-electron chi connectivity index (χ2n) is 7.30. The van der Waals surface area contributed by atoms with Crippen LogP contribution in [0.1, 0.15) is 51.9 Å². The largest absolute Gasteiger partial charge is 0.496 e. The summed E-state index contributed by atoms with van der Waals surface area (Å²) in [6, 6.07) is 2.74. The van der Waals surface area contributed by atoms with Gasteiger partial charge in [0.2, 0.25) is 0 Å². The predicted molar refractivity (Wildman–Crippen MR) is 91.3 cm³/mol. The molecule has 0 aliphatic carbocycles. The smallest absolute Gasteiger partial charge is 0.495 e. The van der Waals surface area contributed by atoms with Crippen LogP contribution in [0.4, 0.5) is 4.39 Å². The number of ether oxygens (including phenoxy) is 1. The van der Waals surface area contributed by atoms with E-state index in [9.17, 15) is 9.18 Å². The lowest BCUT2D eigenvalue weighted by Crippen LogP contribution is -2.41. The zero-order chi connectivity index (χ0) is 18.3. The molecule has 1 aromatic rings. The SMILES string of the molecule is COc1cc(B2OC(C)(C)C(C)(C)O2)cc(F)c1C(=O)NC(C)C. The van der Waals surface area contributed by atoms with Gasteiger partial charge in [0.25, 0.3) is 5.91 Å². The van der Waals surface area contributed by atoms with E-state index in [1.165, 1.54) is 13.2 Å². The minimum atomic E-state index is -0.722. The Morgan fingerprint density at radius 3 is 2.21 bits per heavy atom. The van der Waals surface area contributed by atoms with Crippen LogP contribution in [-0.4, -0.2) is 37.4 Å². The van der Waals surface area contributed by atoms with Crippen molar-refractivity contribution in [2.45, 2.75) is 58.8 Å². The number of amides is 1. The van der Waals surface area contributed by atoms with E-state index >= 15 is 0 Å². The second-order valence-corrected chi connectivity index (χ2v) is 7.30. The van der Waals surface area contributed by atoms with Gasteiger partial charge in [-0.1, -0.05) is 0 Å². The standard InChI is InChI=1S/C17H25BFNO4/c1-10(2)20-15(21)14-12(19)8-11(9-13(14)22-7)18-23-16(3,4)17(5,6)24-18/h8-10H,1-7H3,(H,20,21). The Kier molecular flexibility index (Phi) is 4.97. The fraction of sp³-hybridized carbons (Fsp3) is 0.588. The summed E-state index contributed by atoms with van der Waals surface area (Å²) in [6.45, 7) is 11.3. The van der Waals surface area contributed by atoms with Crippen molar-refractivity contribution < 1.29 is 23.2 Å². The van der Waals surface area contributed by atoms with E-state index in [0.29, 0.717) is 5.46 Å². The van der Waals surface area contributed by atoms with E-state index in [1.807, 2.05) is 27.7 Å². The molecule has 132 valence electrons. The molecule has 0 bridgehead atoms. The summed E-state index contributed by atoms with van der Waals surface area (Å²) in [5, 5.41) is 2.67. The summed E-state index contributed by atoms with van der Waals surface area (Å²) in [5.74, 6) is -1.03. The third kappa shape index (κ3) is 3.42. The summed E-state index contributed by atoms with van der Waals surface area (Å²) in [7, 11) is 0.676. The number of carbonyl (C=O) groups excluding carboxylic acids is 1. The zero-order valence-electron chi connectivity index (χ0n) is 15.3. The third-order valence-corrected chi connectivity index (χ3v) is 4.47. The van der Waals surface area contributed by atoms with Crippen LogP contribution in [0.15, 0.2) is 12.1 Å². The summed E-state index contributed by atoms with van der Waals surface area (Å²) in [6.07, 6.45) is 0. The van der Waals surface area contributed by atoms with Crippen LogP contribution in [0.2, 0.25) is 0 Å². The zero-order valence-corrected chi connectivity index (χ0v) is 15.3. The van der Waals surface area contributed by atoms with Crippen molar-refractivity contribution in [3.05, 3.63) is 23.5 Å². The molecule has 1 saturated heterocycles. The van der Waals surface area contributed by atoms with Gasteiger partial charge < -0.3 is 19.4 Å². The Bertz CT molecular complexity index is 630. The van der Waals surface area contributed by atoms with Crippen molar-refractivity contribution >= 4 is 18.5 Å². The fourth-order valence-electron chi connectivity index (χ4n) is 2.43. The van der Waals surface area contributed by atoms with E-state index in [2.05, 4.69) is 5.32 Å². The van der Waals surface area contributed by atoms with Gasteiger partial charge in [0.1, 0.15) is 17.1 Å². The summed E-state index contributed by atoms with van der Waals surface area (Å²) >= 11 is 0. The molecule has 1 heterocycles. The minimum Gasteiger partial charge on any atom is -0.496 e. The molecule has 0 spiro atoms. The lowest BCUT2D eigenvalue weighted by Gasteiger charge is -2.32. The number of hydrogen-bond donors (Lipinski definition) is 1. The molecule has 1 fully saturated rings. The number of methoxy groups -OCH3 is 1. The Labute approximate surface area is 143 Å². The number of rotatable bonds is 4. The topological polar surface area (TPSA) is 56.8 Å². The van der Waals surface area contributed by atoms with E-state index in [0.717, 1.165) is 0 Å². The molecular formula is C17H25BFNO4. The summed E-state index contributed by atoms with van der Waals surface area (Å²) in [5.41, 5.74) is -0.708. The van der Waals surface area contributed by atoms with Crippen LogP contribution in [0.25, 0.3) is 0 Å². The van der Waals surface area contributed by atoms with Crippen LogP contribution in [-0.2, 0) is 9.31 Å². The van der Waals surface area contributed by atoms with Crippen molar-refractivity contribution in [3.8, 4) is 5.75 Å². The van der Waals surface area contributed by atoms with Crippen LogP contribution in [0.3, 0.4) is 0 Å². The molecule has 0 aromatic heterocycles. The molecule has 7 heteroatoms. The van der Waals surface area contributed by atoms with E-state index < -0.39 is 30.0 Å². The molecule has 1 amide bonds. The number of hydrogen-bond acceptors (Lipinski definition) is 4. The van der Waals surface area contributed by atoms with Gasteiger partial charge in [0, 0.05) is 6.04 Å². The Morgan fingerprint density at radius 2 is 1.75 bits per heavy atom. The predicted octanol–water partition coefficient (Wildman–Crippen LogP) is 2.27. The van der Waals surface area contributed by atoms with Crippen molar-refractivity contribution in [1.82, 2.24) is 5.32 Å². The number of benzene rings is 1. The Hall–Kier alpha value is -1.60. The van der Waals surface area contributed by atoms with Gasteiger partial charge in [0.05, 0.1) is 18.3 Å². The molecule has 24 heavy (non-hydrogen) atoms. The van der Waals surface area contributed by atoms with Crippen molar-refractivity contribution in [2.24, 2.45) is 0 Å². The van der Waals surface area contributed by atoms with Gasteiger partial charge in [-0.3, -0.25) is 4.79 Å². The molecule has 0 unspecified atom stereocenters. The van der Waals surface area contributed by atoms with Crippen LogP contribution < -0.4 is 15.5 Å². The monoisotopic (exact) mass is 337 g/mol. The number of halogens is 1. The summed E-state index contributed by atoms with van der Waals surface area (Å²) < 4.78 is 31.7. The van der Waals surface area contributed by atoms with Gasteiger partial charge in [0.15, 0.2) is 0 Å². The van der Waals surface area contributed by atoms with Gasteiger partial charge >= 0.3 is 7.12 Å². The first-order chi connectivity index (χ1) is 11.0. The Morgan fingerprint density at radius 1 is 1.21 bits per heavy atom. The highest BCUT2D eigenvalue weighted by Crippen LogP contribution is 2.37. The van der Waals surface area contributed by atoms with Gasteiger partial charge in [-0.2, -0.15) is 0 Å². The number of carbonyl (C=O) groups is 1. The third-order valence-electron chi connectivity index (χ3n) is 4.47. The molecule has 1 aliphatic heterocycles. The van der Waals surface area contributed by atoms with Crippen molar-refractivity contribution in [1.29, 1.82) is 0 Å². The van der Waals surface area contributed by atoms with E-state index in [1.54, 1.807) is 19.9 Å². The second kappa shape index (κ2) is 6.37. The number of nitrogens with one attached hydrogen (secondary N) is 1. The van der Waals surface area contributed by atoms with Crippen molar-refractivity contribution in [3.63, 3.8) is 0 Å². The maximum Gasteiger partial charge on any atom is 0.495 e. The summed E-state index contributed by atoms with van der Waals surface area (Å²) in [4.78, 5) is 12.2. The highest BCUT2D eigenvalue weighted by molar-refractivity contribution is 6.62. The van der Waals surface area contributed by atoms with Crippen molar-refractivity contribution in [2.75, 3.05) is 7.11 Å². The molecular weight excluding hydrogens is 312 g/mol. The normalized spacial score (nSPS) is 18.8. The molecule has 0 radical (unpaired) electrons. The van der Waals surface area contributed by atoms with Gasteiger partial charge in [-0.15, -0.1) is 0 Å². The maximum absolute atomic E-state index is 14.6. The van der Waals surface area contributed by atoms with Crippen LogP contribution in [0.5, 0.6) is 5.75 Å². The van der Waals surface area contributed by atoms with E-state index in [4.69, 9.17) is 14.0 Å². The average Bonchev–Trinajstić information content (AvgIpc) is 2.65. The van der Waals surface area contributed by atoms with E-state index in [-0.39, 0.29) is 17.4 Å². The highest BCUT2D eigenvalue weighted by atomic mass is 19.1. The molecule has 2 rings (SSSR count). The lowest BCUT2D eigenvalue weighted by atomic mass is 9.78. The molecule has 5 nitrogen and oxygen atoms in total. The highest BCUT2D eigenvalue weighted by Gasteiger charge is 2.52. The maximum atomic E-state index is 14.6. The molecule has 0 saturated carbocycles. The molecule has 1 aromatic carbocycles. The van der Waals surface area contributed by atoms with Gasteiger partial charge in [-0.25, -0.2) is 4.39 Å². The molecule has 1 N–H and O–H groups in total. The quantitative estimate of drug-likeness (QED) is 0.857. The molecule has 0 atom stereocenters. The minimum absolute atomic E-state index is 0.107. The lowest BCUT2D eigenvalue weighted by molar-refractivity contribution is 0.00578.